The quantitative estimate of drug-likeness (QED) is 0.500. The van der Waals surface area contributed by atoms with Gasteiger partial charge >= 0.3 is 16.4 Å². The fraction of sp³-hybridized carbons (Fsp3) is 0.818. The van der Waals surface area contributed by atoms with E-state index in [0.717, 1.165) is 0 Å². The minimum Gasteiger partial charge on any atom is -0.309 e. The Morgan fingerprint density at radius 3 is 2.48 bits per heavy atom. The summed E-state index contributed by atoms with van der Waals surface area (Å²) in [6.45, 7) is 0.422. The summed E-state index contributed by atoms with van der Waals surface area (Å²) in [6.07, 6.45) is 0.615. The summed E-state index contributed by atoms with van der Waals surface area (Å²) in [6, 6.07) is -2.21. The lowest BCUT2D eigenvalue weighted by molar-refractivity contribution is -0.131. The Labute approximate surface area is 144 Å². The van der Waals surface area contributed by atoms with Gasteiger partial charge in [-0.15, -0.1) is 4.28 Å². The number of piperidine rings is 1. The van der Waals surface area contributed by atoms with E-state index >= 15 is 0 Å². The maximum absolute atomic E-state index is 12.4. The van der Waals surface area contributed by atoms with Crippen molar-refractivity contribution in [1.82, 2.24) is 20.4 Å². The van der Waals surface area contributed by atoms with Crippen LogP contribution in [0.3, 0.4) is 0 Å². The highest BCUT2D eigenvalue weighted by Gasteiger charge is 2.49. The molecule has 3 heterocycles. The third kappa shape index (κ3) is 4.03. The molecule has 0 unspecified atom stereocenters. The normalized spacial score (nSPS) is 29.7. The van der Waals surface area contributed by atoms with Gasteiger partial charge in [0.15, 0.2) is 9.84 Å². The number of carbonyl (C=O) groups is 2. The minimum atomic E-state index is -4.84. The van der Waals surface area contributed by atoms with E-state index in [1.165, 1.54) is 9.91 Å². The SMILES string of the molecule is O=C(NN1CCS(=O)(=O)CC1)[C@@H]1CC[C@@H]2CN1C(=O)N2OS(=O)(=O)O. The monoisotopic (exact) mass is 398 g/mol. The number of sulfone groups is 1. The summed E-state index contributed by atoms with van der Waals surface area (Å²) in [7, 11) is -7.92. The average Bonchev–Trinajstić information content (AvgIpc) is 2.73. The molecule has 0 saturated carbocycles. The van der Waals surface area contributed by atoms with Crippen molar-refractivity contribution in [3.05, 3.63) is 0 Å². The lowest BCUT2D eigenvalue weighted by Crippen LogP contribution is -2.57. The minimum absolute atomic E-state index is 0.0569. The highest BCUT2D eigenvalue weighted by molar-refractivity contribution is 7.91. The van der Waals surface area contributed by atoms with E-state index in [2.05, 4.69) is 9.71 Å². The fourth-order valence-corrected chi connectivity index (χ4v) is 4.75. The number of hydrogen-bond donors (Lipinski definition) is 2. The third-order valence-corrected chi connectivity index (χ3v) is 6.37. The largest absolute Gasteiger partial charge is 0.418 e. The highest BCUT2D eigenvalue weighted by Crippen LogP contribution is 2.30. The Morgan fingerprint density at radius 1 is 1.24 bits per heavy atom. The molecule has 0 aromatic rings. The molecule has 0 aromatic heterocycles. The van der Waals surface area contributed by atoms with Crippen LogP contribution in [-0.4, -0.2) is 91.5 Å². The average molecular weight is 398 g/mol. The van der Waals surface area contributed by atoms with Crippen LogP contribution in [-0.2, 0) is 29.3 Å². The molecule has 2 atom stereocenters. The van der Waals surface area contributed by atoms with Crippen LogP contribution in [0, 0.1) is 0 Å². The lowest BCUT2D eigenvalue weighted by atomic mass is 10.0. The number of rotatable bonds is 4. The van der Waals surface area contributed by atoms with Crippen molar-refractivity contribution >= 4 is 32.2 Å². The molecule has 0 aliphatic carbocycles. The molecular formula is C11H18N4O8S2. The van der Waals surface area contributed by atoms with Crippen molar-refractivity contribution in [2.45, 2.75) is 24.9 Å². The van der Waals surface area contributed by atoms with Crippen LogP contribution in [0.4, 0.5) is 4.79 Å². The van der Waals surface area contributed by atoms with Crippen LogP contribution >= 0.6 is 0 Å². The first kappa shape index (κ1) is 18.3. The molecule has 0 aromatic carbocycles. The predicted molar refractivity (Wildman–Crippen MR) is 81.8 cm³/mol. The fourth-order valence-electron chi connectivity index (χ4n) is 3.16. The smallest absolute Gasteiger partial charge is 0.309 e. The first-order valence-corrected chi connectivity index (χ1v) is 10.8. The summed E-state index contributed by atoms with van der Waals surface area (Å²) >= 11 is 0. The number of urea groups is 1. The molecule has 3 aliphatic rings. The Hall–Kier alpha value is -1.48. The molecule has 3 aliphatic heterocycles. The Kier molecular flexibility index (Phi) is 4.65. The maximum atomic E-state index is 12.4. The predicted octanol–water partition coefficient (Wildman–Crippen LogP) is -2.25. The van der Waals surface area contributed by atoms with Crippen LogP contribution in [0.1, 0.15) is 12.8 Å². The summed E-state index contributed by atoms with van der Waals surface area (Å²) in [4.78, 5) is 25.8. The van der Waals surface area contributed by atoms with Crippen LogP contribution in [0.25, 0.3) is 0 Å². The molecule has 2 bridgehead atoms. The second kappa shape index (κ2) is 6.35. The van der Waals surface area contributed by atoms with Crippen LogP contribution in [0.15, 0.2) is 0 Å². The zero-order chi connectivity index (χ0) is 18.4. The first-order chi connectivity index (χ1) is 11.6. The summed E-state index contributed by atoms with van der Waals surface area (Å²) in [5.74, 6) is -0.586. The second-order valence-electron chi connectivity index (χ2n) is 6.12. The Morgan fingerprint density at radius 2 is 1.88 bits per heavy atom. The van der Waals surface area contributed by atoms with Crippen molar-refractivity contribution in [3.8, 4) is 0 Å². The Balaban J connectivity index is 1.63. The van der Waals surface area contributed by atoms with Gasteiger partial charge < -0.3 is 4.90 Å². The van der Waals surface area contributed by atoms with E-state index in [1.54, 1.807) is 0 Å². The molecule has 3 rings (SSSR count). The van der Waals surface area contributed by atoms with Crippen LogP contribution in [0.2, 0.25) is 0 Å². The molecular weight excluding hydrogens is 380 g/mol. The van der Waals surface area contributed by atoms with Gasteiger partial charge in [0.1, 0.15) is 6.04 Å². The van der Waals surface area contributed by atoms with Crippen molar-refractivity contribution in [2.24, 2.45) is 0 Å². The number of fused-ring (bicyclic) bond motifs is 2. The molecule has 0 radical (unpaired) electrons. The number of hydroxylamine groups is 2. The van der Waals surface area contributed by atoms with Gasteiger partial charge in [0.2, 0.25) is 0 Å². The number of amides is 3. The summed E-state index contributed by atoms with van der Waals surface area (Å²) in [5, 5.41) is 2.05. The van der Waals surface area contributed by atoms with Crippen molar-refractivity contribution in [2.75, 3.05) is 31.1 Å². The number of nitrogens with one attached hydrogen (secondary N) is 1. The molecule has 2 N–H and O–H groups in total. The zero-order valence-electron chi connectivity index (χ0n) is 13.1. The van der Waals surface area contributed by atoms with Gasteiger partial charge in [0, 0.05) is 19.6 Å². The number of carbonyl (C=O) groups excluding carboxylic acids is 2. The highest BCUT2D eigenvalue weighted by atomic mass is 32.3. The molecule has 14 heteroatoms. The Bertz CT molecular complexity index is 768. The van der Waals surface area contributed by atoms with E-state index in [-0.39, 0.29) is 31.1 Å². The van der Waals surface area contributed by atoms with E-state index < -0.39 is 44.3 Å². The first-order valence-electron chi connectivity index (χ1n) is 7.58. The standard InChI is InChI=1S/C11H18N4O8S2/c16-10(12-13-3-5-24(18,19)6-4-13)9-2-1-8-7-14(9)11(17)15(8)23-25(20,21)22/h8-9H,1-7H2,(H,12,16)(H,20,21,22)/t8-,9+/m1/s1. The summed E-state index contributed by atoms with van der Waals surface area (Å²) < 4.78 is 57.5. The van der Waals surface area contributed by atoms with Crippen molar-refractivity contribution < 1.29 is 35.3 Å². The molecule has 12 nitrogen and oxygen atoms in total. The number of hydrazine groups is 1. The van der Waals surface area contributed by atoms with Crippen molar-refractivity contribution in [1.29, 1.82) is 0 Å². The van der Waals surface area contributed by atoms with Crippen LogP contribution in [0.5, 0.6) is 0 Å². The van der Waals surface area contributed by atoms with Gasteiger partial charge in [-0.1, -0.05) is 0 Å². The number of hydrogen-bond acceptors (Lipinski definition) is 8. The topological polar surface area (TPSA) is 154 Å². The van der Waals surface area contributed by atoms with Crippen LogP contribution < -0.4 is 5.43 Å². The van der Waals surface area contributed by atoms with Gasteiger partial charge in [-0.3, -0.25) is 14.8 Å². The molecule has 142 valence electrons. The van der Waals surface area contributed by atoms with E-state index in [1.807, 2.05) is 0 Å². The molecule has 25 heavy (non-hydrogen) atoms. The number of nitrogens with zero attached hydrogens (tertiary/aromatic N) is 3. The van der Waals surface area contributed by atoms with Gasteiger partial charge in [-0.25, -0.2) is 18.2 Å². The van der Waals surface area contributed by atoms with Crippen molar-refractivity contribution in [3.63, 3.8) is 0 Å². The van der Waals surface area contributed by atoms with Gasteiger partial charge in [-0.05, 0) is 12.8 Å². The third-order valence-electron chi connectivity index (χ3n) is 4.41. The second-order valence-corrected chi connectivity index (χ2v) is 9.43. The van der Waals surface area contributed by atoms with Gasteiger partial charge in [0.05, 0.1) is 17.5 Å². The molecule has 3 fully saturated rings. The summed E-state index contributed by atoms with van der Waals surface area (Å²) in [5.41, 5.74) is 2.60. The van der Waals surface area contributed by atoms with E-state index in [9.17, 15) is 26.4 Å². The molecule has 3 saturated heterocycles. The van der Waals surface area contributed by atoms with Gasteiger partial charge in [-0.2, -0.15) is 13.5 Å². The zero-order valence-corrected chi connectivity index (χ0v) is 14.7. The van der Waals surface area contributed by atoms with Gasteiger partial charge in [0.25, 0.3) is 5.91 Å². The maximum Gasteiger partial charge on any atom is 0.418 e. The van der Waals surface area contributed by atoms with E-state index in [0.29, 0.717) is 17.9 Å². The molecule has 3 amide bonds. The van der Waals surface area contributed by atoms with E-state index in [4.69, 9.17) is 4.55 Å². The lowest BCUT2D eigenvalue weighted by Gasteiger charge is -2.33. The molecule has 0 spiro atoms.